The number of carbonyl (C=O) groups is 1. The summed E-state index contributed by atoms with van der Waals surface area (Å²) in [6.45, 7) is 0.228. The van der Waals surface area contributed by atoms with Crippen molar-refractivity contribution in [1.82, 2.24) is 0 Å². The molecular weight excluding hydrogens is 282 g/mol. The number of carbonyl (C=O) groups excluding carboxylic acids is 1. The average Bonchev–Trinajstić information content (AvgIpc) is 2.28. The van der Waals surface area contributed by atoms with E-state index >= 15 is 0 Å². The molecule has 0 heterocycles. The van der Waals surface area contributed by atoms with Crippen molar-refractivity contribution in [3.8, 4) is 0 Å². The van der Waals surface area contributed by atoms with Gasteiger partial charge in [0.05, 0.1) is 16.5 Å². The van der Waals surface area contributed by atoms with Gasteiger partial charge in [0.25, 0.3) is 0 Å². The maximum absolute atomic E-state index is 12.2. The molecule has 1 aromatic carbocycles. The molecule has 1 aromatic rings. The van der Waals surface area contributed by atoms with Crippen molar-refractivity contribution in [2.24, 2.45) is 5.73 Å². The van der Waals surface area contributed by atoms with Crippen molar-refractivity contribution in [2.75, 3.05) is 17.6 Å². The van der Waals surface area contributed by atoms with Gasteiger partial charge in [0.2, 0.25) is 12.3 Å². The van der Waals surface area contributed by atoms with Gasteiger partial charge in [-0.25, -0.2) is 8.78 Å². The zero-order valence-corrected chi connectivity index (χ0v) is 11.0. The monoisotopic (exact) mass is 294 g/mol. The summed E-state index contributed by atoms with van der Waals surface area (Å²) in [6.07, 6.45) is -2.26. The Balaban J connectivity index is 2.82. The van der Waals surface area contributed by atoms with E-state index in [1.54, 1.807) is 18.2 Å². The fourth-order valence-electron chi connectivity index (χ4n) is 1.24. The van der Waals surface area contributed by atoms with Crippen LogP contribution in [-0.2, 0) is 4.79 Å². The van der Waals surface area contributed by atoms with Gasteiger partial charge >= 0.3 is 0 Å². The van der Waals surface area contributed by atoms with E-state index in [1.807, 2.05) is 0 Å². The molecule has 0 aromatic heterocycles. The van der Waals surface area contributed by atoms with Crippen LogP contribution in [-0.4, -0.2) is 24.6 Å². The number of hydrogen-bond donors (Lipinski definition) is 2. The van der Waals surface area contributed by atoms with E-state index in [2.05, 4.69) is 5.32 Å². The number of alkyl halides is 2. The minimum absolute atomic E-state index is 0.172. The Kier molecular flexibility index (Phi) is 6.38. The second-order valence-electron chi connectivity index (χ2n) is 3.41. The predicted octanol–water partition coefficient (Wildman–Crippen LogP) is 2.98. The summed E-state index contributed by atoms with van der Waals surface area (Å²) in [6, 6.07) is 4.86. The molecule has 7 heteroatoms. The van der Waals surface area contributed by atoms with Crippen molar-refractivity contribution in [3.63, 3.8) is 0 Å². The van der Waals surface area contributed by atoms with Crippen LogP contribution >= 0.6 is 23.4 Å². The van der Waals surface area contributed by atoms with E-state index in [9.17, 15) is 13.6 Å². The number of amides is 1. The third kappa shape index (κ3) is 4.80. The van der Waals surface area contributed by atoms with Gasteiger partial charge in [0.15, 0.2) is 0 Å². The summed E-state index contributed by atoms with van der Waals surface area (Å²) in [5, 5.41) is 2.95. The quantitative estimate of drug-likeness (QED) is 0.793. The van der Waals surface area contributed by atoms with Gasteiger partial charge in [-0.1, -0.05) is 17.7 Å². The van der Waals surface area contributed by atoms with Gasteiger partial charge in [0, 0.05) is 17.9 Å². The molecule has 0 atom stereocenters. The zero-order chi connectivity index (χ0) is 13.5. The van der Waals surface area contributed by atoms with Crippen LogP contribution in [0.15, 0.2) is 23.1 Å². The van der Waals surface area contributed by atoms with Crippen molar-refractivity contribution in [1.29, 1.82) is 0 Å². The van der Waals surface area contributed by atoms with Crippen LogP contribution in [0.4, 0.5) is 14.5 Å². The minimum atomic E-state index is -2.43. The molecule has 0 aliphatic rings. The first-order chi connectivity index (χ1) is 8.54. The van der Waals surface area contributed by atoms with Crippen LogP contribution in [0.3, 0.4) is 0 Å². The molecule has 0 fully saturated rings. The highest BCUT2D eigenvalue weighted by molar-refractivity contribution is 7.99. The summed E-state index contributed by atoms with van der Waals surface area (Å²) in [5.41, 5.74) is 5.69. The highest BCUT2D eigenvalue weighted by atomic mass is 35.5. The van der Waals surface area contributed by atoms with Crippen molar-refractivity contribution < 1.29 is 13.6 Å². The van der Waals surface area contributed by atoms with E-state index in [4.69, 9.17) is 17.3 Å². The first-order valence-electron chi connectivity index (χ1n) is 5.24. The van der Waals surface area contributed by atoms with Crippen molar-refractivity contribution >= 4 is 35.0 Å². The number of anilines is 1. The topological polar surface area (TPSA) is 55.1 Å². The summed E-state index contributed by atoms with van der Waals surface area (Å²) >= 11 is 6.85. The Labute approximate surface area is 113 Å². The summed E-state index contributed by atoms with van der Waals surface area (Å²) < 4.78 is 24.4. The number of rotatable bonds is 6. The Bertz CT molecular complexity index is 418. The lowest BCUT2D eigenvalue weighted by Gasteiger charge is -2.12. The predicted molar refractivity (Wildman–Crippen MR) is 70.5 cm³/mol. The average molecular weight is 295 g/mol. The third-order valence-corrected chi connectivity index (χ3v) is 3.54. The summed E-state index contributed by atoms with van der Waals surface area (Å²) in [4.78, 5) is 11.9. The van der Waals surface area contributed by atoms with E-state index in [0.29, 0.717) is 15.6 Å². The SMILES string of the molecule is NCCC(=O)Nc1cccc(Cl)c1SCC(F)F. The van der Waals surface area contributed by atoms with Crippen LogP contribution in [0.5, 0.6) is 0 Å². The maximum atomic E-state index is 12.2. The van der Waals surface area contributed by atoms with E-state index in [0.717, 1.165) is 11.8 Å². The highest BCUT2D eigenvalue weighted by Crippen LogP contribution is 2.35. The second kappa shape index (κ2) is 7.56. The van der Waals surface area contributed by atoms with Gasteiger partial charge in [-0.05, 0) is 12.1 Å². The van der Waals surface area contributed by atoms with Crippen molar-refractivity contribution in [3.05, 3.63) is 23.2 Å². The Morgan fingerprint density at radius 3 is 2.83 bits per heavy atom. The largest absolute Gasteiger partial charge is 0.330 e. The molecule has 1 amide bonds. The summed E-state index contributed by atoms with van der Waals surface area (Å²) in [7, 11) is 0. The molecule has 0 unspecified atom stereocenters. The van der Waals surface area contributed by atoms with Crippen molar-refractivity contribution in [2.45, 2.75) is 17.7 Å². The van der Waals surface area contributed by atoms with Gasteiger partial charge in [-0.3, -0.25) is 4.79 Å². The van der Waals surface area contributed by atoms with Gasteiger partial charge < -0.3 is 11.1 Å². The van der Waals surface area contributed by atoms with Gasteiger partial charge in [-0.15, -0.1) is 11.8 Å². The molecule has 0 radical (unpaired) electrons. The third-order valence-electron chi connectivity index (χ3n) is 1.97. The lowest BCUT2D eigenvalue weighted by Crippen LogP contribution is -2.16. The fourth-order valence-corrected chi connectivity index (χ4v) is 2.36. The first kappa shape index (κ1) is 15.2. The smallest absolute Gasteiger partial charge is 0.247 e. The Morgan fingerprint density at radius 2 is 2.22 bits per heavy atom. The van der Waals surface area contributed by atoms with Gasteiger partial charge in [0.1, 0.15) is 0 Å². The molecule has 0 aliphatic heterocycles. The van der Waals surface area contributed by atoms with E-state index in [1.165, 1.54) is 0 Å². The van der Waals surface area contributed by atoms with Crippen LogP contribution in [0.1, 0.15) is 6.42 Å². The molecule has 3 nitrogen and oxygen atoms in total. The summed E-state index contributed by atoms with van der Waals surface area (Å²) in [5.74, 6) is -0.637. The molecule has 100 valence electrons. The normalized spacial score (nSPS) is 10.7. The minimum Gasteiger partial charge on any atom is -0.330 e. The molecule has 0 saturated carbocycles. The Morgan fingerprint density at radius 1 is 1.50 bits per heavy atom. The molecule has 3 N–H and O–H groups in total. The molecule has 0 spiro atoms. The molecule has 18 heavy (non-hydrogen) atoms. The standard InChI is InChI=1S/C11H13ClF2N2OS/c12-7-2-1-3-8(16-10(17)4-5-15)11(7)18-6-9(13)14/h1-3,9H,4-6,15H2,(H,16,17). The highest BCUT2D eigenvalue weighted by Gasteiger charge is 2.12. The van der Waals surface area contributed by atoms with E-state index in [-0.39, 0.29) is 24.6 Å². The second-order valence-corrected chi connectivity index (χ2v) is 4.84. The number of hydrogen-bond acceptors (Lipinski definition) is 3. The number of nitrogens with one attached hydrogen (secondary N) is 1. The Hall–Kier alpha value is -0.850. The molecule has 0 saturated heterocycles. The zero-order valence-electron chi connectivity index (χ0n) is 9.46. The van der Waals surface area contributed by atoms with E-state index < -0.39 is 6.43 Å². The number of nitrogens with two attached hydrogens (primary N) is 1. The van der Waals surface area contributed by atoms with Crippen LogP contribution in [0, 0.1) is 0 Å². The molecular formula is C11H13ClF2N2OS. The maximum Gasteiger partial charge on any atom is 0.247 e. The van der Waals surface area contributed by atoms with Gasteiger partial charge in [-0.2, -0.15) is 0 Å². The number of halogens is 3. The number of benzene rings is 1. The lowest BCUT2D eigenvalue weighted by molar-refractivity contribution is -0.116. The lowest BCUT2D eigenvalue weighted by atomic mass is 10.3. The van der Waals surface area contributed by atoms with Crippen LogP contribution in [0.25, 0.3) is 0 Å². The van der Waals surface area contributed by atoms with Crippen LogP contribution < -0.4 is 11.1 Å². The molecule has 0 bridgehead atoms. The number of thioether (sulfide) groups is 1. The van der Waals surface area contributed by atoms with Crippen LogP contribution in [0.2, 0.25) is 5.02 Å². The molecule has 0 aliphatic carbocycles. The fraction of sp³-hybridized carbons (Fsp3) is 0.364. The first-order valence-corrected chi connectivity index (χ1v) is 6.60. The molecule has 1 rings (SSSR count).